The fourth-order valence-electron chi connectivity index (χ4n) is 5.42. The maximum Gasteiger partial charge on any atom is 0.448 e. The minimum Gasteiger partial charge on any atom is -0.325 e. The summed E-state index contributed by atoms with van der Waals surface area (Å²) in [5.74, 6) is -1.24. The minimum absolute atomic E-state index is 0.448. The molecule has 0 aromatic rings. The van der Waals surface area contributed by atoms with Crippen LogP contribution >= 0.6 is 0 Å². The molecule has 1 N–H and O–H groups in total. The zero-order valence-corrected chi connectivity index (χ0v) is 27.3. The van der Waals surface area contributed by atoms with Crippen molar-refractivity contribution in [1.82, 2.24) is 0 Å². The van der Waals surface area contributed by atoms with E-state index in [1.54, 1.807) is 0 Å². The van der Waals surface area contributed by atoms with Crippen molar-refractivity contribution in [3.8, 4) is 0 Å². The fourth-order valence-corrected chi connectivity index (χ4v) is 5.77. The predicted molar refractivity (Wildman–Crippen MR) is 171 cm³/mol. The van der Waals surface area contributed by atoms with Gasteiger partial charge in [-0.25, -0.2) is 0 Å². The number of carbonyl (C=O) groups is 1. The lowest BCUT2D eigenvalue weighted by Gasteiger charge is -2.14. The van der Waals surface area contributed by atoms with E-state index in [2.05, 4.69) is 30.2 Å². The third kappa shape index (κ3) is 30.1. The molecule has 1 unspecified atom stereocenters. The fraction of sp³-hybridized carbons (Fsp3) is 0.912. The molecule has 1 atom stereocenters. The molecule has 0 saturated carbocycles. The van der Waals surface area contributed by atoms with Gasteiger partial charge in [-0.1, -0.05) is 167 Å². The van der Waals surface area contributed by atoms with Crippen LogP contribution in [0.4, 0.5) is 0 Å². The molecule has 0 bridgehead atoms. The van der Waals surface area contributed by atoms with Gasteiger partial charge in [0, 0.05) is 0 Å². The molecule has 0 aromatic heterocycles. The lowest BCUT2D eigenvalue weighted by Crippen LogP contribution is -2.21. The lowest BCUT2D eigenvalue weighted by atomic mass is 9.94. The van der Waals surface area contributed by atoms with E-state index in [1.807, 2.05) is 0 Å². The molecular weight excluding hydrogens is 520 g/mol. The molecule has 0 aromatic carbocycles. The van der Waals surface area contributed by atoms with Crippen LogP contribution in [0.2, 0.25) is 0 Å². The predicted octanol–water partition coefficient (Wildman–Crippen LogP) is 11.5. The Morgan fingerprint density at radius 1 is 0.550 bits per heavy atom. The summed E-state index contributed by atoms with van der Waals surface area (Å²) in [6.45, 7) is 4.51. The summed E-state index contributed by atoms with van der Waals surface area (Å²) < 4.78 is 35.4. The van der Waals surface area contributed by atoms with Gasteiger partial charge in [0.05, 0.1) is 5.92 Å². The summed E-state index contributed by atoms with van der Waals surface area (Å²) >= 11 is 0. The average molecular weight is 587 g/mol. The second kappa shape index (κ2) is 29.6. The van der Waals surface area contributed by atoms with Crippen molar-refractivity contribution in [3.63, 3.8) is 0 Å². The van der Waals surface area contributed by atoms with Crippen molar-refractivity contribution in [3.05, 3.63) is 12.2 Å². The zero-order chi connectivity index (χ0) is 29.6. The maximum absolute atomic E-state index is 12.3. The topological polar surface area (TPSA) is 80.7 Å². The molecule has 0 aliphatic heterocycles. The third-order valence-corrected chi connectivity index (χ3v) is 8.37. The van der Waals surface area contributed by atoms with E-state index in [9.17, 15) is 13.2 Å². The van der Waals surface area contributed by atoms with Crippen LogP contribution < -0.4 is 0 Å². The number of rotatable bonds is 31. The van der Waals surface area contributed by atoms with Crippen LogP contribution in [-0.4, -0.2) is 18.9 Å². The monoisotopic (exact) mass is 586 g/mol. The highest BCUT2D eigenvalue weighted by Gasteiger charge is 2.24. The van der Waals surface area contributed by atoms with Crippen LogP contribution in [0.15, 0.2) is 12.2 Å². The van der Waals surface area contributed by atoms with Gasteiger partial charge in [0.25, 0.3) is 0 Å². The second-order valence-electron chi connectivity index (χ2n) is 11.9. The second-order valence-corrected chi connectivity index (χ2v) is 13.0. The summed E-state index contributed by atoms with van der Waals surface area (Å²) in [5.41, 5.74) is 0. The Kier molecular flexibility index (Phi) is 29.0. The standard InChI is InChI=1S/C34H66O5S/c1-3-5-7-9-11-13-15-17-19-21-23-25-27-29-31-33(34(35)39-40(36,37)38)32-30-28-26-24-22-20-18-16-14-12-10-8-6-4-2/h17,19,33H,3-16,18,20-32H2,1-2H3,(H,36,37,38)/b19-17-. The van der Waals surface area contributed by atoms with E-state index in [-0.39, 0.29) is 0 Å². The van der Waals surface area contributed by atoms with Gasteiger partial charge >= 0.3 is 16.4 Å². The summed E-state index contributed by atoms with van der Waals surface area (Å²) in [7, 11) is -4.74. The molecule has 0 rings (SSSR count). The Hall–Kier alpha value is -0.880. The first-order valence-corrected chi connectivity index (χ1v) is 18.6. The van der Waals surface area contributed by atoms with Gasteiger partial charge < -0.3 is 4.18 Å². The molecular formula is C34H66O5S. The van der Waals surface area contributed by atoms with Gasteiger partial charge in [-0.2, -0.15) is 8.42 Å². The summed E-state index contributed by atoms with van der Waals surface area (Å²) in [5, 5.41) is 0. The van der Waals surface area contributed by atoms with Crippen molar-refractivity contribution >= 4 is 16.4 Å². The number of allylic oxidation sites excluding steroid dienone is 2. The van der Waals surface area contributed by atoms with Crippen molar-refractivity contribution in [1.29, 1.82) is 0 Å². The van der Waals surface area contributed by atoms with Gasteiger partial charge in [-0.3, -0.25) is 9.35 Å². The molecule has 0 aliphatic carbocycles. The molecule has 0 aliphatic rings. The Morgan fingerprint density at radius 3 is 1.18 bits per heavy atom. The van der Waals surface area contributed by atoms with E-state index in [1.165, 1.54) is 116 Å². The molecule has 0 saturated heterocycles. The maximum atomic E-state index is 12.3. The lowest BCUT2D eigenvalue weighted by molar-refractivity contribution is -0.139. The number of hydrogen-bond donors (Lipinski definition) is 1. The summed E-state index contributed by atoms with van der Waals surface area (Å²) in [6, 6.07) is 0. The van der Waals surface area contributed by atoms with Gasteiger partial charge in [-0.15, -0.1) is 0 Å². The van der Waals surface area contributed by atoms with Crippen LogP contribution in [0.1, 0.15) is 194 Å². The van der Waals surface area contributed by atoms with Gasteiger partial charge in [0.2, 0.25) is 0 Å². The Bertz CT molecular complexity index is 674. The number of carbonyl (C=O) groups excluding carboxylic acids is 1. The van der Waals surface area contributed by atoms with Gasteiger partial charge in [-0.05, 0) is 38.5 Å². The van der Waals surface area contributed by atoms with E-state index in [0.717, 1.165) is 51.4 Å². The molecule has 0 heterocycles. The van der Waals surface area contributed by atoms with E-state index < -0.39 is 22.3 Å². The van der Waals surface area contributed by atoms with Crippen molar-refractivity contribution in [2.45, 2.75) is 194 Å². The number of hydrogen-bond acceptors (Lipinski definition) is 4. The Labute approximate surface area is 249 Å². The highest BCUT2D eigenvalue weighted by Crippen LogP contribution is 2.22. The van der Waals surface area contributed by atoms with E-state index in [0.29, 0.717) is 12.8 Å². The zero-order valence-electron chi connectivity index (χ0n) is 26.5. The Morgan fingerprint density at radius 2 is 0.850 bits per heavy atom. The molecule has 0 radical (unpaired) electrons. The van der Waals surface area contributed by atoms with Crippen molar-refractivity contribution in [2.75, 3.05) is 0 Å². The summed E-state index contributed by atoms with van der Waals surface area (Å²) in [6.07, 6.45) is 38.2. The van der Waals surface area contributed by atoms with E-state index in [4.69, 9.17) is 4.55 Å². The molecule has 0 fully saturated rings. The molecule has 238 valence electrons. The van der Waals surface area contributed by atoms with Crippen LogP contribution in [0, 0.1) is 5.92 Å². The normalized spacial score (nSPS) is 12.8. The quantitative estimate of drug-likeness (QED) is 0.0496. The third-order valence-electron chi connectivity index (χ3n) is 7.99. The smallest absolute Gasteiger partial charge is 0.325 e. The summed E-state index contributed by atoms with van der Waals surface area (Å²) in [4.78, 5) is 12.3. The minimum atomic E-state index is -4.74. The Balaban J connectivity index is 3.90. The molecule has 0 spiro atoms. The number of unbranched alkanes of at least 4 members (excludes halogenated alkanes) is 23. The van der Waals surface area contributed by atoms with Crippen LogP contribution in [0.25, 0.3) is 0 Å². The first-order chi connectivity index (χ1) is 19.4. The van der Waals surface area contributed by atoms with Gasteiger partial charge in [0.15, 0.2) is 0 Å². The van der Waals surface area contributed by atoms with E-state index >= 15 is 0 Å². The molecule has 5 nitrogen and oxygen atoms in total. The van der Waals surface area contributed by atoms with Crippen molar-refractivity contribution in [2.24, 2.45) is 5.92 Å². The molecule has 40 heavy (non-hydrogen) atoms. The van der Waals surface area contributed by atoms with Crippen LogP contribution in [0.3, 0.4) is 0 Å². The van der Waals surface area contributed by atoms with Gasteiger partial charge in [0.1, 0.15) is 0 Å². The van der Waals surface area contributed by atoms with Crippen LogP contribution in [-0.2, 0) is 19.4 Å². The first kappa shape index (κ1) is 39.1. The highest BCUT2D eigenvalue weighted by molar-refractivity contribution is 7.81. The molecule has 0 amide bonds. The largest absolute Gasteiger partial charge is 0.448 e. The average Bonchev–Trinajstić information content (AvgIpc) is 2.91. The van der Waals surface area contributed by atoms with Crippen LogP contribution in [0.5, 0.6) is 0 Å². The molecule has 6 heteroatoms. The SMILES string of the molecule is CCCCCCCC/C=C\CCCCCCC(CCCCCCCCCCCCCCCC)C(=O)OS(=O)(=O)O. The first-order valence-electron chi connectivity index (χ1n) is 17.3. The van der Waals surface area contributed by atoms with Crippen molar-refractivity contribution < 1.29 is 21.9 Å². The highest BCUT2D eigenvalue weighted by atomic mass is 32.3.